The highest BCUT2D eigenvalue weighted by molar-refractivity contribution is 6.19. The molecule has 22 rings (SSSR count). The minimum absolute atomic E-state index is 0.0270. The molecule has 2 heterocycles. The fourth-order valence-electron chi connectivity index (χ4n) is 20.5. The molecule has 0 aliphatic heterocycles. The SMILES string of the molecule is C=C1CC(=O)c2ccc(C(C)(C)C)c3cccc1c23.C=c1c2cccc3c(C(C)(C)C)ccc(c(=O)n1C)c32.C=c1oc(=O)c2ccc(C(C)(C)C)c3cccc1c32.CC(C)(C)c1cc2c3c4c(cccc14)CC=C3CC=C2.CC(C)(C)c1cc2ccccc2c2ccccc12.CC(C)(C)c1ccc2c3c(cccc13)CC2.CC(C)(C)c1cccc2cc3ccccc3cc12. The van der Waals surface area contributed by atoms with Gasteiger partial charge in [0.05, 0.1) is 5.39 Å². The van der Waals surface area contributed by atoms with Crippen molar-refractivity contribution in [3.05, 3.63) is 383 Å². The molecular formula is C125H127NO4. The molecule has 656 valence electrons. The molecule has 0 spiro atoms. The molecule has 2 aromatic heterocycles. The third kappa shape index (κ3) is 17.3. The second-order valence-electron chi connectivity index (χ2n) is 43.5. The molecule has 0 saturated carbocycles. The van der Waals surface area contributed by atoms with E-state index in [1.54, 1.807) is 22.7 Å². The van der Waals surface area contributed by atoms with Crippen LogP contribution in [-0.2, 0) is 64.2 Å². The van der Waals surface area contributed by atoms with Crippen LogP contribution in [0.25, 0.3) is 149 Å². The highest BCUT2D eigenvalue weighted by Gasteiger charge is 2.31. The largest absolute Gasteiger partial charge is 0.423 e. The van der Waals surface area contributed by atoms with Gasteiger partial charge in [0.2, 0.25) is 0 Å². The number of Topliss-reactive ketones (excluding diaryl/α,β-unsaturated/α-hetero) is 1. The van der Waals surface area contributed by atoms with Gasteiger partial charge in [-0.05, 0) is 264 Å². The van der Waals surface area contributed by atoms with Crippen LogP contribution in [0.2, 0.25) is 0 Å². The third-order valence-electron chi connectivity index (χ3n) is 27.0. The molecule has 4 aliphatic rings. The van der Waals surface area contributed by atoms with Gasteiger partial charge < -0.3 is 8.98 Å². The van der Waals surface area contributed by atoms with E-state index in [0.29, 0.717) is 17.2 Å². The highest BCUT2D eigenvalue weighted by atomic mass is 16.4. The van der Waals surface area contributed by atoms with Crippen molar-refractivity contribution in [3.8, 4) is 0 Å². The maximum absolute atomic E-state index is 12.4. The first-order chi connectivity index (χ1) is 61.4. The van der Waals surface area contributed by atoms with Crippen LogP contribution in [0.1, 0.15) is 241 Å². The summed E-state index contributed by atoms with van der Waals surface area (Å²) in [5.74, 6) is 0.189. The number of ketones is 1. The summed E-state index contributed by atoms with van der Waals surface area (Å²) in [6, 6.07) is 90.7. The van der Waals surface area contributed by atoms with E-state index in [1.807, 2.05) is 48.5 Å². The van der Waals surface area contributed by atoms with Gasteiger partial charge in [-0.25, -0.2) is 4.79 Å². The summed E-state index contributed by atoms with van der Waals surface area (Å²) in [7, 11) is 1.78. The van der Waals surface area contributed by atoms with Crippen molar-refractivity contribution in [2.75, 3.05) is 0 Å². The minimum Gasteiger partial charge on any atom is -0.423 e. The fraction of sp³-hybridized carbons (Fsp3) is 0.272. The normalized spacial score (nSPS) is 13.6. The molecule has 0 fully saturated rings. The lowest BCUT2D eigenvalue weighted by atomic mass is 9.75. The zero-order valence-corrected chi connectivity index (χ0v) is 80.7. The smallest absolute Gasteiger partial charge is 0.344 e. The van der Waals surface area contributed by atoms with Crippen LogP contribution >= 0.6 is 0 Å². The van der Waals surface area contributed by atoms with Gasteiger partial charge in [0.25, 0.3) is 5.56 Å². The predicted octanol–water partition coefficient (Wildman–Crippen LogP) is 31.5. The van der Waals surface area contributed by atoms with Crippen molar-refractivity contribution >= 4 is 155 Å². The molecule has 0 saturated heterocycles. The van der Waals surface area contributed by atoms with Crippen molar-refractivity contribution in [2.24, 2.45) is 7.05 Å². The lowest BCUT2D eigenvalue weighted by Gasteiger charge is -2.29. The van der Waals surface area contributed by atoms with Crippen LogP contribution in [0.4, 0.5) is 0 Å². The highest BCUT2D eigenvalue weighted by Crippen LogP contribution is 2.47. The van der Waals surface area contributed by atoms with Gasteiger partial charge in [0.15, 0.2) is 5.78 Å². The number of aryl methyl sites for hydroxylation is 2. The standard InChI is InChI=1S/C20H20.C18H19NO.C18H18O.2C18H18.C17H16O2.C16H18/c1-20(2,3)17-12-15-8-4-6-13-10-11-14-7-5-9-16(17)19(14)18(13)15;1-11-12-7-6-8-13-15(18(2,3)4)10-9-14(16(12)13)17(20)19(11)5;1-11-10-16(19)14-8-9-15(18(2,3)4)13-7-5-6-12(11)17(13)14;1-18(2,3)17-12-13-8-4-5-9-14(13)15-10-6-7-11-16(15)17;1-18(2,3)17-10-6-9-15-11-13-7-4-5-8-14(13)12-16(15)17;1-10-11-6-5-7-12-14(17(2,3)4)9-8-13(15(11)12)16(18)19-10;1-16(2,3)14-10-9-12-8-7-11-5-4-6-13(14)15(11)12/h4-5,7-10,12H,6,11H2,1-3H3;6-10H,1H2,2-5H3;5-9H,1,10H2,2-4H3;2*4-12H,1-3H3;5-9H,1H2,2-4H3;4-6,9-10H,7-8H2,1-3H3. The molecule has 16 aromatic carbocycles. The van der Waals surface area contributed by atoms with E-state index in [2.05, 4.69) is 390 Å². The Morgan fingerprint density at radius 2 is 0.731 bits per heavy atom. The van der Waals surface area contributed by atoms with Crippen LogP contribution in [0, 0.1) is 0 Å². The number of nitrogens with zero attached hydrogens (tertiary/aromatic N) is 1. The van der Waals surface area contributed by atoms with E-state index in [4.69, 9.17) is 4.42 Å². The van der Waals surface area contributed by atoms with Gasteiger partial charge in [-0.15, -0.1) is 0 Å². The zero-order chi connectivity index (χ0) is 93.0. The Morgan fingerprint density at radius 3 is 1.33 bits per heavy atom. The van der Waals surface area contributed by atoms with Gasteiger partial charge in [0.1, 0.15) is 5.42 Å². The molecule has 5 heteroatoms. The molecule has 0 radical (unpaired) electrons. The summed E-state index contributed by atoms with van der Waals surface area (Å²) < 4.78 is 6.83. The van der Waals surface area contributed by atoms with Gasteiger partial charge in [-0.3, -0.25) is 9.59 Å². The van der Waals surface area contributed by atoms with Crippen LogP contribution in [0.3, 0.4) is 0 Å². The average Bonchev–Trinajstić information content (AvgIpc) is 1.28. The molecular weight excluding hydrogens is 1580 g/mol. The summed E-state index contributed by atoms with van der Waals surface area (Å²) in [6.45, 7) is 59.2. The number of hydrogen-bond donors (Lipinski definition) is 0. The number of rotatable bonds is 0. The van der Waals surface area contributed by atoms with E-state index in [9.17, 15) is 14.4 Å². The number of benzene rings is 16. The summed E-state index contributed by atoms with van der Waals surface area (Å²) in [6.07, 6.45) is 12.1. The molecule has 0 amide bonds. The third-order valence-corrected chi connectivity index (χ3v) is 27.0. The van der Waals surface area contributed by atoms with Crippen LogP contribution in [-0.4, -0.2) is 10.4 Å². The van der Waals surface area contributed by atoms with Crippen molar-refractivity contribution in [1.29, 1.82) is 0 Å². The summed E-state index contributed by atoms with van der Waals surface area (Å²) in [4.78, 5) is 36.6. The van der Waals surface area contributed by atoms with Crippen molar-refractivity contribution in [3.63, 3.8) is 0 Å². The van der Waals surface area contributed by atoms with Crippen molar-refractivity contribution in [2.45, 2.75) is 215 Å². The zero-order valence-electron chi connectivity index (χ0n) is 80.7. The van der Waals surface area contributed by atoms with E-state index in [0.717, 1.165) is 78.0 Å². The molecule has 5 nitrogen and oxygen atoms in total. The van der Waals surface area contributed by atoms with E-state index in [-0.39, 0.29) is 54.9 Å². The summed E-state index contributed by atoms with van der Waals surface area (Å²) in [5.41, 5.74) is 22.6. The maximum Gasteiger partial charge on any atom is 0.344 e. The quantitative estimate of drug-likeness (QED) is 0.112. The second kappa shape index (κ2) is 34.2. The van der Waals surface area contributed by atoms with Gasteiger partial charge in [0, 0.05) is 56.7 Å². The average molecular weight is 1710 g/mol. The van der Waals surface area contributed by atoms with Gasteiger partial charge in [-0.1, -0.05) is 402 Å². The second-order valence-corrected chi connectivity index (χ2v) is 43.5. The molecule has 0 N–H and O–H groups in total. The lowest BCUT2D eigenvalue weighted by molar-refractivity contribution is 0.0998. The number of allylic oxidation sites excluding steroid dienone is 4. The topological polar surface area (TPSA) is 69.3 Å². The predicted molar refractivity (Wildman–Crippen MR) is 565 cm³/mol. The Bertz CT molecular complexity index is 7820. The molecule has 18 aromatic rings. The van der Waals surface area contributed by atoms with Crippen LogP contribution < -0.4 is 21.9 Å². The first kappa shape index (κ1) is 90.5. The number of pyridine rings is 1. The van der Waals surface area contributed by atoms with Crippen LogP contribution in [0.15, 0.2) is 288 Å². The Morgan fingerprint density at radius 1 is 0.308 bits per heavy atom. The van der Waals surface area contributed by atoms with E-state index in [1.165, 1.54) is 144 Å². The monoisotopic (exact) mass is 1710 g/mol. The number of hydrogen-bond acceptors (Lipinski definition) is 4. The molecule has 0 atom stereocenters. The Kier molecular flexibility index (Phi) is 23.8. The maximum atomic E-state index is 12.4. The molecule has 130 heavy (non-hydrogen) atoms. The Balaban J connectivity index is 0.000000111. The number of carbonyl (C=O) groups is 1. The lowest BCUT2D eigenvalue weighted by Crippen LogP contribution is -2.30. The Hall–Kier alpha value is -12.8. The van der Waals surface area contributed by atoms with Crippen molar-refractivity contribution in [1.82, 2.24) is 4.57 Å². The number of fused-ring (bicyclic) bond motifs is 5. The molecule has 4 aliphatic carbocycles. The van der Waals surface area contributed by atoms with E-state index >= 15 is 0 Å². The van der Waals surface area contributed by atoms with E-state index < -0.39 is 0 Å². The van der Waals surface area contributed by atoms with Crippen LogP contribution in [0.5, 0.6) is 0 Å². The molecule has 0 bridgehead atoms. The number of carbonyl (C=O) groups excluding carboxylic acids is 1. The number of aromatic nitrogens is 1. The summed E-state index contributed by atoms with van der Waals surface area (Å²) in [5, 5.41) is 27.5. The van der Waals surface area contributed by atoms with Gasteiger partial charge in [-0.2, -0.15) is 0 Å². The minimum atomic E-state index is -0.311. The summed E-state index contributed by atoms with van der Waals surface area (Å²) >= 11 is 0. The van der Waals surface area contributed by atoms with Gasteiger partial charge >= 0.3 is 5.63 Å². The first-order valence-electron chi connectivity index (χ1n) is 46.5. The fourth-order valence-corrected chi connectivity index (χ4v) is 20.5. The first-order valence-corrected chi connectivity index (χ1v) is 46.5. The molecule has 0 unspecified atom stereocenters. The van der Waals surface area contributed by atoms with Crippen molar-refractivity contribution < 1.29 is 9.21 Å². The Labute approximate surface area is 768 Å².